The number of aromatic carboxylic acids is 1. The normalized spacial score (nSPS) is 14.0. The van der Waals surface area contributed by atoms with Gasteiger partial charge >= 0.3 is 5.97 Å². The number of aliphatic hydroxyl groups is 1. The fraction of sp³-hybridized carbons (Fsp3) is 0.462. The summed E-state index contributed by atoms with van der Waals surface area (Å²) in [6, 6.07) is 4.86. The van der Waals surface area contributed by atoms with Gasteiger partial charge < -0.3 is 15.5 Å². The minimum Gasteiger partial charge on any atom is -0.478 e. The molecule has 0 aliphatic rings. The van der Waals surface area contributed by atoms with E-state index >= 15 is 0 Å². The molecular formula is C13H18BrNO3. The van der Waals surface area contributed by atoms with Gasteiger partial charge in [0.2, 0.25) is 0 Å². The van der Waals surface area contributed by atoms with E-state index < -0.39 is 5.97 Å². The van der Waals surface area contributed by atoms with Crippen molar-refractivity contribution < 1.29 is 15.0 Å². The molecule has 0 amide bonds. The maximum Gasteiger partial charge on any atom is 0.335 e. The summed E-state index contributed by atoms with van der Waals surface area (Å²) in [5.74, 6) is -0.948. The van der Waals surface area contributed by atoms with Crippen LogP contribution in [0.1, 0.15) is 37.0 Å². The number of halogens is 1. The maximum absolute atomic E-state index is 10.8. The van der Waals surface area contributed by atoms with Crippen LogP contribution in [-0.2, 0) is 0 Å². The number of nitrogens with one attached hydrogen (secondary N) is 1. The van der Waals surface area contributed by atoms with Crippen LogP contribution in [0.2, 0.25) is 0 Å². The van der Waals surface area contributed by atoms with Crippen molar-refractivity contribution in [3.63, 3.8) is 0 Å². The van der Waals surface area contributed by atoms with Gasteiger partial charge in [-0.25, -0.2) is 4.79 Å². The smallest absolute Gasteiger partial charge is 0.335 e. The first-order chi connectivity index (χ1) is 8.41. The molecule has 0 aliphatic heterocycles. The van der Waals surface area contributed by atoms with Crippen molar-refractivity contribution >= 4 is 27.6 Å². The number of carbonyl (C=O) groups is 1. The van der Waals surface area contributed by atoms with Crippen LogP contribution in [-0.4, -0.2) is 28.3 Å². The topological polar surface area (TPSA) is 69.6 Å². The van der Waals surface area contributed by atoms with Crippen molar-refractivity contribution in [1.82, 2.24) is 0 Å². The van der Waals surface area contributed by atoms with Crippen molar-refractivity contribution in [3.8, 4) is 0 Å². The molecule has 0 aliphatic carbocycles. The second-order valence-corrected chi connectivity index (χ2v) is 5.37. The molecule has 1 atom stereocenters. The van der Waals surface area contributed by atoms with Gasteiger partial charge in [0, 0.05) is 22.3 Å². The number of aliphatic hydroxyl groups excluding tert-OH is 1. The summed E-state index contributed by atoms with van der Waals surface area (Å²) in [5, 5.41) is 21.3. The number of hydrogen-bond acceptors (Lipinski definition) is 3. The van der Waals surface area contributed by atoms with Crippen LogP contribution in [0.25, 0.3) is 0 Å². The molecule has 0 saturated carbocycles. The minimum absolute atomic E-state index is 0.113. The van der Waals surface area contributed by atoms with Crippen molar-refractivity contribution in [3.05, 3.63) is 28.2 Å². The van der Waals surface area contributed by atoms with E-state index in [1.807, 2.05) is 13.8 Å². The minimum atomic E-state index is -0.948. The van der Waals surface area contributed by atoms with Gasteiger partial charge in [-0.15, -0.1) is 0 Å². The molecule has 0 heterocycles. The van der Waals surface area contributed by atoms with Gasteiger partial charge in [-0.2, -0.15) is 0 Å². The summed E-state index contributed by atoms with van der Waals surface area (Å²) in [5.41, 5.74) is 0.868. The highest BCUT2D eigenvalue weighted by Gasteiger charge is 2.22. The van der Waals surface area contributed by atoms with Crippen LogP contribution >= 0.6 is 15.9 Å². The standard InChI is InChI=1S/C13H18BrNO3/c1-3-13(2,6-7-16)15-11-5-4-9(12(17)18)8-10(11)14/h4-5,8,15-16H,3,6-7H2,1-2H3,(H,17,18). The van der Waals surface area contributed by atoms with Crippen LogP contribution in [0.4, 0.5) is 5.69 Å². The Labute approximate surface area is 115 Å². The second kappa shape index (κ2) is 6.20. The van der Waals surface area contributed by atoms with Gasteiger partial charge in [-0.3, -0.25) is 0 Å². The highest BCUT2D eigenvalue weighted by molar-refractivity contribution is 9.10. The monoisotopic (exact) mass is 315 g/mol. The summed E-state index contributed by atoms with van der Waals surface area (Å²) in [4.78, 5) is 10.8. The number of carboxylic acid groups (broad SMARTS) is 1. The van der Waals surface area contributed by atoms with E-state index in [4.69, 9.17) is 10.2 Å². The lowest BCUT2D eigenvalue weighted by Gasteiger charge is -2.30. The molecule has 1 aromatic carbocycles. The first-order valence-electron chi connectivity index (χ1n) is 5.84. The lowest BCUT2D eigenvalue weighted by molar-refractivity contribution is 0.0697. The summed E-state index contributed by atoms with van der Waals surface area (Å²) < 4.78 is 0.708. The zero-order chi connectivity index (χ0) is 13.8. The van der Waals surface area contributed by atoms with Gasteiger partial charge in [0.15, 0.2) is 0 Å². The first kappa shape index (κ1) is 15.0. The van der Waals surface area contributed by atoms with Crippen LogP contribution in [0.5, 0.6) is 0 Å². The Balaban J connectivity index is 2.94. The molecule has 100 valence electrons. The van der Waals surface area contributed by atoms with E-state index in [2.05, 4.69) is 21.2 Å². The lowest BCUT2D eigenvalue weighted by atomic mass is 9.94. The molecule has 1 aromatic rings. The second-order valence-electron chi connectivity index (χ2n) is 4.51. The Kier molecular flexibility index (Phi) is 5.16. The molecule has 0 aromatic heterocycles. The van der Waals surface area contributed by atoms with Gasteiger partial charge in [-0.1, -0.05) is 6.92 Å². The molecule has 3 N–H and O–H groups in total. The fourth-order valence-corrected chi connectivity index (χ4v) is 2.13. The average molecular weight is 316 g/mol. The molecule has 1 rings (SSSR count). The van der Waals surface area contributed by atoms with Gasteiger partial charge in [0.1, 0.15) is 0 Å². The molecule has 0 radical (unpaired) electrons. The van der Waals surface area contributed by atoms with Crippen LogP contribution in [0.15, 0.2) is 22.7 Å². The SMILES string of the molecule is CCC(C)(CCO)Nc1ccc(C(=O)O)cc1Br. The molecule has 1 unspecified atom stereocenters. The van der Waals surface area contributed by atoms with E-state index in [9.17, 15) is 4.79 Å². The molecule has 0 bridgehead atoms. The average Bonchev–Trinajstić information content (AvgIpc) is 2.32. The zero-order valence-corrected chi connectivity index (χ0v) is 12.1. The van der Waals surface area contributed by atoms with E-state index in [0.29, 0.717) is 10.9 Å². The molecule has 0 fully saturated rings. The first-order valence-corrected chi connectivity index (χ1v) is 6.63. The van der Waals surface area contributed by atoms with Gasteiger partial charge in [0.25, 0.3) is 0 Å². The maximum atomic E-state index is 10.8. The molecule has 5 heteroatoms. The number of benzene rings is 1. The van der Waals surface area contributed by atoms with Crippen LogP contribution in [0, 0.1) is 0 Å². The molecule has 18 heavy (non-hydrogen) atoms. The molecule has 4 nitrogen and oxygen atoms in total. The Morgan fingerprint density at radius 1 is 1.50 bits per heavy atom. The zero-order valence-electron chi connectivity index (χ0n) is 10.5. The number of carboxylic acids is 1. The predicted molar refractivity (Wildman–Crippen MR) is 75.1 cm³/mol. The largest absolute Gasteiger partial charge is 0.478 e. The summed E-state index contributed by atoms with van der Waals surface area (Å²) in [6.07, 6.45) is 1.50. The third-order valence-corrected chi connectivity index (χ3v) is 3.75. The molecule has 0 saturated heterocycles. The number of anilines is 1. The van der Waals surface area contributed by atoms with Crippen LogP contribution < -0.4 is 5.32 Å². The Morgan fingerprint density at radius 3 is 2.61 bits per heavy atom. The number of rotatable bonds is 6. The van der Waals surface area contributed by atoms with Gasteiger partial charge in [-0.05, 0) is 53.9 Å². The molecular weight excluding hydrogens is 298 g/mol. The Hall–Kier alpha value is -1.07. The van der Waals surface area contributed by atoms with Crippen molar-refractivity contribution in [2.45, 2.75) is 32.2 Å². The van der Waals surface area contributed by atoms with Crippen molar-refractivity contribution in [2.24, 2.45) is 0 Å². The van der Waals surface area contributed by atoms with Crippen molar-refractivity contribution in [2.75, 3.05) is 11.9 Å². The van der Waals surface area contributed by atoms with E-state index in [-0.39, 0.29) is 17.7 Å². The van der Waals surface area contributed by atoms with Crippen molar-refractivity contribution in [1.29, 1.82) is 0 Å². The molecule has 0 spiro atoms. The third-order valence-electron chi connectivity index (χ3n) is 3.10. The van der Waals surface area contributed by atoms with E-state index in [0.717, 1.165) is 12.1 Å². The number of hydrogen-bond donors (Lipinski definition) is 3. The summed E-state index contributed by atoms with van der Waals surface area (Å²) in [7, 11) is 0. The Bertz CT molecular complexity index is 436. The lowest BCUT2D eigenvalue weighted by Crippen LogP contribution is -2.35. The quantitative estimate of drug-likeness (QED) is 0.754. The third kappa shape index (κ3) is 3.71. The predicted octanol–water partition coefficient (Wildman–Crippen LogP) is 3.11. The Morgan fingerprint density at radius 2 is 2.17 bits per heavy atom. The fourth-order valence-electron chi connectivity index (χ4n) is 1.65. The van der Waals surface area contributed by atoms with Crippen LogP contribution in [0.3, 0.4) is 0 Å². The highest BCUT2D eigenvalue weighted by atomic mass is 79.9. The van der Waals surface area contributed by atoms with Gasteiger partial charge in [0.05, 0.1) is 5.56 Å². The van der Waals surface area contributed by atoms with E-state index in [1.54, 1.807) is 18.2 Å². The summed E-state index contributed by atoms with van der Waals surface area (Å²) >= 11 is 3.36. The highest BCUT2D eigenvalue weighted by Crippen LogP contribution is 2.29. The summed E-state index contributed by atoms with van der Waals surface area (Å²) in [6.45, 7) is 4.19. The van der Waals surface area contributed by atoms with E-state index in [1.165, 1.54) is 0 Å².